The van der Waals surface area contributed by atoms with Gasteiger partial charge in [-0.25, -0.2) is 5.26 Å². The number of fused-ring (bicyclic) bond motifs is 2. The Morgan fingerprint density at radius 1 is 0.800 bits per heavy atom. The van der Waals surface area contributed by atoms with E-state index in [0.29, 0.717) is 17.4 Å². The lowest BCUT2D eigenvalue weighted by Gasteiger charge is -2.10. The maximum Gasteiger partial charge on any atom is 0.295 e. The van der Waals surface area contributed by atoms with Gasteiger partial charge in [-0.15, -0.1) is 14.6 Å². The molecule has 0 fully saturated rings. The Hall–Kier alpha value is -3.15. The normalized spacial score (nSPS) is 12.7. The van der Waals surface area contributed by atoms with Gasteiger partial charge >= 0.3 is 0 Å². The van der Waals surface area contributed by atoms with Crippen molar-refractivity contribution in [2.24, 2.45) is 10.2 Å². The number of hydrogen-bond acceptors (Lipinski definition) is 11. The van der Waals surface area contributed by atoms with Gasteiger partial charge in [-0.3, -0.25) is 9.11 Å². The highest BCUT2D eigenvalue weighted by Crippen LogP contribution is 2.42. The summed E-state index contributed by atoms with van der Waals surface area (Å²) in [4.78, 5) is -0.845. The van der Waals surface area contributed by atoms with Crippen LogP contribution in [-0.2, 0) is 29.6 Å². The average Bonchev–Trinajstić information content (AvgIpc) is 2.80. The third-order valence-electron chi connectivity index (χ3n) is 4.84. The zero-order valence-corrected chi connectivity index (χ0v) is 19.6. The molecule has 0 aliphatic rings. The summed E-state index contributed by atoms with van der Waals surface area (Å²) in [5.41, 5.74) is -0.146. The second-order valence-corrected chi connectivity index (χ2v) is 10.5. The molecule has 0 aromatic heterocycles. The number of aromatic hydroxyl groups is 1. The van der Waals surface area contributed by atoms with E-state index in [1.807, 2.05) is 0 Å². The van der Waals surface area contributed by atoms with Gasteiger partial charge < -0.3 is 5.11 Å². The molecule has 0 radical (unpaired) electrons. The van der Waals surface area contributed by atoms with Gasteiger partial charge in [-0.1, -0.05) is 35.4 Å². The molecule has 4 aromatic rings. The van der Waals surface area contributed by atoms with E-state index in [-0.39, 0.29) is 37.3 Å². The van der Waals surface area contributed by atoms with E-state index in [4.69, 9.17) is 5.26 Å². The van der Waals surface area contributed by atoms with E-state index in [1.165, 1.54) is 36.4 Å². The van der Waals surface area contributed by atoms with Crippen molar-refractivity contribution in [2.75, 3.05) is 0 Å². The third-order valence-corrected chi connectivity index (χ3v) is 7.19. The summed E-state index contributed by atoms with van der Waals surface area (Å²) in [5.74, 6) is -0.458. The highest BCUT2D eigenvalue weighted by Gasteiger charge is 2.22. The van der Waals surface area contributed by atoms with Crippen molar-refractivity contribution in [1.29, 1.82) is 0 Å². The monoisotopic (exact) mass is 538 g/mol. The van der Waals surface area contributed by atoms with Crippen LogP contribution in [0.1, 0.15) is 0 Å². The summed E-state index contributed by atoms with van der Waals surface area (Å²) < 4.78 is 71.2. The summed E-state index contributed by atoms with van der Waals surface area (Å²) in [6.45, 7) is 0. The number of azo groups is 1. The Morgan fingerprint density at radius 3 is 2.14 bits per heavy atom. The topological polar surface area (TPSA) is 192 Å². The minimum Gasteiger partial charge on any atom is -0.506 e. The van der Waals surface area contributed by atoms with E-state index >= 15 is 0 Å². The molecule has 0 bridgehead atoms. The van der Waals surface area contributed by atoms with Crippen molar-refractivity contribution in [1.82, 2.24) is 0 Å². The third kappa shape index (κ3) is 5.12. The predicted octanol–water partition coefficient (Wildman–Crippen LogP) is 5.04. The van der Waals surface area contributed by atoms with Gasteiger partial charge in [0.25, 0.3) is 20.2 Å². The van der Waals surface area contributed by atoms with Crippen LogP contribution in [0.3, 0.4) is 0 Å². The lowest BCUT2D eigenvalue weighted by molar-refractivity contribution is -0.432. The molecule has 0 amide bonds. The number of benzene rings is 4. The Balaban J connectivity index is 1.94. The molecule has 0 atom stereocenters. The highest BCUT2D eigenvalue weighted by molar-refractivity contribution is 7.94. The summed E-state index contributed by atoms with van der Waals surface area (Å²) in [7, 11) is -9.36. The molecule has 182 valence electrons. The number of rotatable bonds is 7. The van der Waals surface area contributed by atoms with Crippen LogP contribution in [0.5, 0.6) is 5.75 Å². The van der Waals surface area contributed by atoms with Gasteiger partial charge in [0.15, 0.2) is 0 Å². The molecule has 4 rings (SSSR count). The van der Waals surface area contributed by atoms with Crippen LogP contribution in [-0.4, -0.2) is 36.3 Å². The minimum absolute atomic E-state index is 0.125. The van der Waals surface area contributed by atoms with Gasteiger partial charge in [0.2, 0.25) is 0 Å². The summed E-state index contributed by atoms with van der Waals surface area (Å²) in [6, 6.07) is 13.6. The maximum atomic E-state index is 12.1. The van der Waals surface area contributed by atoms with E-state index < -0.39 is 30.9 Å². The van der Waals surface area contributed by atoms with Crippen LogP contribution in [0.15, 0.2) is 85.6 Å². The first-order valence-corrected chi connectivity index (χ1v) is 13.0. The fourth-order valence-electron chi connectivity index (χ4n) is 3.45. The second-order valence-electron chi connectivity index (χ2n) is 6.96. The lowest BCUT2D eigenvalue weighted by atomic mass is 10.1. The first-order chi connectivity index (χ1) is 16.5. The highest BCUT2D eigenvalue weighted by atomic mass is 32.2. The smallest absolute Gasteiger partial charge is 0.295 e. The lowest BCUT2D eigenvalue weighted by Crippen LogP contribution is -2.00. The molecule has 0 heterocycles. The number of nitrogens with zero attached hydrogens (tertiary/aromatic N) is 2. The van der Waals surface area contributed by atoms with Crippen molar-refractivity contribution in [2.45, 2.75) is 14.7 Å². The van der Waals surface area contributed by atoms with Crippen molar-refractivity contribution in [3.8, 4) is 5.75 Å². The first-order valence-electron chi connectivity index (χ1n) is 9.33. The van der Waals surface area contributed by atoms with E-state index in [1.54, 1.807) is 12.1 Å². The molecule has 12 nitrogen and oxygen atoms in total. The van der Waals surface area contributed by atoms with E-state index in [0.717, 1.165) is 12.1 Å². The summed E-state index contributed by atoms with van der Waals surface area (Å²) in [5, 5.41) is 30.9. The van der Waals surface area contributed by atoms with Crippen molar-refractivity contribution in [3.63, 3.8) is 0 Å². The van der Waals surface area contributed by atoms with E-state index in [2.05, 4.69) is 19.6 Å². The fourth-order valence-corrected chi connectivity index (χ4v) is 5.42. The van der Waals surface area contributed by atoms with Crippen LogP contribution >= 0.6 is 12.0 Å². The molecule has 0 aliphatic heterocycles. The SMILES string of the molecule is O=S(=O)(O)c1ccc(/N=N/c2c(O)ccc3cc(SOOO)cc(S(=O)(=O)O)c23)c2ccccc12. The van der Waals surface area contributed by atoms with Gasteiger partial charge in [-0.05, 0) is 35.7 Å². The zero-order chi connectivity index (χ0) is 25.4. The van der Waals surface area contributed by atoms with Crippen LogP contribution < -0.4 is 0 Å². The summed E-state index contributed by atoms with van der Waals surface area (Å²) >= 11 is 0.457. The van der Waals surface area contributed by atoms with Gasteiger partial charge in [0.1, 0.15) is 21.2 Å². The van der Waals surface area contributed by atoms with Crippen LogP contribution in [0.25, 0.3) is 21.5 Å². The number of hydrogen-bond donors (Lipinski definition) is 4. The molecular weight excluding hydrogens is 524 g/mol. The molecule has 15 heteroatoms. The molecule has 4 aromatic carbocycles. The molecule has 0 unspecified atom stereocenters. The Morgan fingerprint density at radius 2 is 1.49 bits per heavy atom. The zero-order valence-electron chi connectivity index (χ0n) is 17.1. The molecule has 0 aliphatic carbocycles. The van der Waals surface area contributed by atoms with Crippen molar-refractivity contribution >= 4 is 65.2 Å². The van der Waals surface area contributed by atoms with Gasteiger partial charge in [0, 0.05) is 21.1 Å². The van der Waals surface area contributed by atoms with Gasteiger partial charge in [-0.2, -0.15) is 16.8 Å². The predicted molar refractivity (Wildman–Crippen MR) is 124 cm³/mol. The molecule has 0 spiro atoms. The van der Waals surface area contributed by atoms with Crippen LogP contribution in [0, 0.1) is 0 Å². The molecule has 0 saturated heterocycles. The standard InChI is InChI=1S/C20H14N2O10S3/c23-16-7-5-11-9-12(33-32-31-24)10-18(35(28,29)30)19(11)20(16)22-21-15-6-8-17(34(25,26)27)14-4-2-1-3-13(14)15/h1-10,23-24H,(H,25,26,27)(H,28,29,30)/b22-21+. The largest absolute Gasteiger partial charge is 0.506 e. The van der Waals surface area contributed by atoms with Gasteiger partial charge in [0.05, 0.1) is 17.7 Å². The average molecular weight is 539 g/mol. The fraction of sp³-hybridized carbons (Fsp3) is 0. The maximum absolute atomic E-state index is 12.1. The number of phenols is 1. The summed E-state index contributed by atoms with van der Waals surface area (Å²) in [6.07, 6.45) is 0. The Labute approximate surface area is 202 Å². The molecule has 35 heavy (non-hydrogen) atoms. The van der Waals surface area contributed by atoms with E-state index in [9.17, 15) is 31.0 Å². The molecule has 0 saturated carbocycles. The quantitative estimate of drug-likeness (QED) is 0.0810. The molecule has 4 N–H and O–H groups in total. The Bertz CT molecular complexity index is 1700. The van der Waals surface area contributed by atoms with Crippen molar-refractivity contribution < 1.29 is 45.7 Å². The molecular formula is C20H14N2O10S3. The van der Waals surface area contributed by atoms with Crippen LogP contribution in [0.2, 0.25) is 0 Å². The number of phenolic OH excluding ortho intramolecular Hbond substituents is 1. The minimum atomic E-state index is -4.84. The second kappa shape index (κ2) is 9.48. The first kappa shape index (κ1) is 25.0. The van der Waals surface area contributed by atoms with Crippen LogP contribution in [0.4, 0.5) is 11.4 Å². The Kier molecular flexibility index (Phi) is 6.76. The van der Waals surface area contributed by atoms with Crippen molar-refractivity contribution in [3.05, 3.63) is 60.7 Å².